The molecule has 0 unspecified atom stereocenters. The number of aryl methyl sites for hydroxylation is 1. The lowest BCUT2D eigenvalue weighted by Crippen LogP contribution is -2.25. The number of carbonyl (C=O) groups excluding carboxylic acids is 1. The summed E-state index contributed by atoms with van der Waals surface area (Å²) in [6, 6.07) is 0. The second kappa shape index (κ2) is 5.17. The first kappa shape index (κ1) is 13.2. The normalized spacial score (nSPS) is 11.0. The highest BCUT2D eigenvalue weighted by atomic mass is 16.5. The molecule has 2 aromatic heterocycles. The van der Waals surface area contributed by atoms with Crippen LogP contribution in [0.5, 0.6) is 0 Å². The van der Waals surface area contributed by atoms with Crippen LogP contribution in [0.3, 0.4) is 0 Å². The van der Waals surface area contributed by atoms with Crippen molar-refractivity contribution >= 4 is 5.91 Å². The lowest BCUT2D eigenvalue weighted by Gasteiger charge is -2.06. The highest BCUT2D eigenvalue weighted by Gasteiger charge is 2.15. The van der Waals surface area contributed by atoms with E-state index >= 15 is 0 Å². The summed E-state index contributed by atoms with van der Waals surface area (Å²) in [5.41, 5.74) is 0. The predicted molar refractivity (Wildman–Crippen MR) is 65.3 cm³/mol. The molecule has 0 aliphatic carbocycles. The fraction of sp³-hybridized carbons (Fsp3) is 0.545. The third-order valence-corrected chi connectivity index (χ3v) is 2.65. The Bertz CT molecular complexity index is 586. The first-order chi connectivity index (χ1) is 8.99. The van der Waals surface area contributed by atoms with E-state index < -0.39 is 5.91 Å². The first-order valence-corrected chi connectivity index (χ1v) is 5.95. The van der Waals surface area contributed by atoms with Crippen LogP contribution < -0.4 is 5.32 Å². The van der Waals surface area contributed by atoms with Gasteiger partial charge in [-0.2, -0.15) is 4.98 Å². The standard InChI is InChI=1S/C11H16N6O2/c1-6(2)10-15-14-8(17(10)4)5-12-11(18)9-13-7(3)19-16-9/h6H,5H2,1-4H3,(H,12,18). The average molecular weight is 264 g/mol. The number of nitrogens with one attached hydrogen (secondary N) is 1. The summed E-state index contributed by atoms with van der Waals surface area (Å²) in [6.45, 7) is 5.97. The van der Waals surface area contributed by atoms with Crippen LogP contribution in [0.25, 0.3) is 0 Å². The van der Waals surface area contributed by atoms with Crippen LogP contribution in [0.4, 0.5) is 0 Å². The van der Waals surface area contributed by atoms with Crippen molar-refractivity contribution in [1.82, 2.24) is 30.2 Å². The molecule has 2 heterocycles. The van der Waals surface area contributed by atoms with Gasteiger partial charge in [0.15, 0.2) is 5.82 Å². The Labute approximate surface area is 110 Å². The Morgan fingerprint density at radius 1 is 1.42 bits per heavy atom. The van der Waals surface area contributed by atoms with Gasteiger partial charge in [0, 0.05) is 19.9 Å². The minimum Gasteiger partial charge on any atom is -0.342 e. The van der Waals surface area contributed by atoms with Crippen molar-refractivity contribution in [3.05, 3.63) is 23.4 Å². The summed E-state index contributed by atoms with van der Waals surface area (Å²) >= 11 is 0. The van der Waals surface area contributed by atoms with Crippen molar-refractivity contribution in [2.45, 2.75) is 33.2 Å². The number of rotatable bonds is 4. The van der Waals surface area contributed by atoms with Gasteiger partial charge in [-0.3, -0.25) is 4.79 Å². The summed E-state index contributed by atoms with van der Waals surface area (Å²) in [6.07, 6.45) is 0. The molecular weight excluding hydrogens is 248 g/mol. The van der Waals surface area contributed by atoms with E-state index in [1.165, 1.54) is 0 Å². The van der Waals surface area contributed by atoms with Gasteiger partial charge in [-0.05, 0) is 0 Å². The van der Waals surface area contributed by atoms with Crippen molar-refractivity contribution in [1.29, 1.82) is 0 Å². The van der Waals surface area contributed by atoms with Crippen LogP contribution in [0.1, 0.15) is 47.9 Å². The van der Waals surface area contributed by atoms with Gasteiger partial charge < -0.3 is 14.4 Å². The Morgan fingerprint density at radius 2 is 2.16 bits per heavy atom. The number of carbonyl (C=O) groups is 1. The number of aromatic nitrogens is 5. The number of hydrogen-bond acceptors (Lipinski definition) is 6. The molecule has 102 valence electrons. The van der Waals surface area contributed by atoms with Gasteiger partial charge in [-0.25, -0.2) is 0 Å². The molecule has 0 aliphatic heterocycles. The van der Waals surface area contributed by atoms with Crippen LogP contribution in [0.2, 0.25) is 0 Å². The van der Waals surface area contributed by atoms with Crippen molar-refractivity contribution in [3.8, 4) is 0 Å². The molecule has 0 spiro atoms. The van der Waals surface area contributed by atoms with E-state index in [1.54, 1.807) is 6.92 Å². The monoisotopic (exact) mass is 264 g/mol. The summed E-state index contributed by atoms with van der Waals surface area (Å²) in [5.74, 6) is 1.80. The zero-order chi connectivity index (χ0) is 14.0. The quantitative estimate of drug-likeness (QED) is 0.866. The maximum Gasteiger partial charge on any atom is 0.293 e. The van der Waals surface area contributed by atoms with Crippen molar-refractivity contribution in [2.75, 3.05) is 0 Å². The third kappa shape index (κ3) is 2.78. The lowest BCUT2D eigenvalue weighted by atomic mass is 10.2. The van der Waals surface area contributed by atoms with E-state index in [2.05, 4.69) is 25.7 Å². The van der Waals surface area contributed by atoms with Crippen LogP contribution in [0.15, 0.2) is 4.52 Å². The van der Waals surface area contributed by atoms with E-state index in [9.17, 15) is 4.79 Å². The third-order valence-electron chi connectivity index (χ3n) is 2.65. The van der Waals surface area contributed by atoms with E-state index in [0.717, 1.165) is 5.82 Å². The molecule has 2 rings (SSSR count). The Morgan fingerprint density at radius 3 is 2.68 bits per heavy atom. The fourth-order valence-electron chi connectivity index (χ4n) is 1.66. The molecule has 19 heavy (non-hydrogen) atoms. The zero-order valence-corrected chi connectivity index (χ0v) is 11.3. The van der Waals surface area contributed by atoms with E-state index in [0.29, 0.717) is 11.7 Å². The molecule has 2 aromatic rings. The van der Waals surface area contributed by atoms with Gasteiger partial charge in [0.05, 0.1) is 6.54 Å². The highest BCUT2D eigenvalue weighted by Crippen LogP contribution is 2.11. The first-order valence-electron chi connectivity index (χ1n) is 5.95. The maximum atomic E-state index is 11.7. The van der Waals surface area contributed by atoms with Crippen LogP contribution in [-0.2, 0) is 13.6 Å². The molecular formula is C11H16N6O2. The molecule has 0 fully saturated rings. The Balaban J connectivity index is 2.01. The van der Waals surface area contributed by atoms with Crippen LogP contribution >= 0.6 is 0 Å². The number of nitrogens with zero attached hydrogens (tertiary/aromatic N) is 5. The number of hydrogen-bond donors (Lipinski definition) is 1. The van der Waals surface area contributed by atoms with E-state index in [4.69, 9.17) is 4.52 Å². The minimum atomic E-state index is -0.397. The van der Waals surface area contributed by atoms with Crippen LogP contribution in [0, 0.1) is 6.92 Å². The topological polar surface area (TPSA) is 98.7 Å². The molecule has 0 saturated heterocycles. The molecule has 0 saturated carbocycles. The highest BCUT2D eigenvalue weighted by molar-refractivity contribution is 5.90. The van der Waals surface area contributed by atoms with Crippen molar-refractivity contribution in [3.63, 3.8) is 0 Å². The zero-order valence-electron chi connectivity index (χ0n) is 11.3. The molecule has 0 bridgehead atoms. The minimum absolute atomic E-state index is 0.0174. The van der Waals surface area contributed by atoms with E-state index in [1.807, 2.05) is 25.5 Å². The van der Waals surface area contributed by atoms with Crippen molar-refractivity contribution in [2.24, 2.45) is 7.05 Å². The average Bonchev–Trinajstić information content (AvgIpc) is 2.93. The second-order valence-electron chi connectivity index (χ2n) is 4.51. The molecule has 0 atom stereocenters. The van der Waals surface area contributed by atoms with Gasteiger partial charge in [-0.1, -0.05) is 19.0 Å². The smallest absolute Gasteiger partial charge is 0.293 e. The largest absolute Gasteiger partial charge is 0.342 e. The fourth-order valence-corrected chi connectivity index (χ4v) is 1.66. The summed E-state index contributed by atoms with van der Waals surface area (Å²) < 4.78 is 6.61. The molecule has 8 heteroatoms. The van der Waals surface area contributed by atoms with Gasteiger partial charge in [0.2, 0.25) is 5.89 Å². The molecule has 1 amide bonds. The maximum absolute atomic E-state index is 11.7. The van der Waals surface area contributed by atoms with Gasteiger partial charge in [0.1, 0.15) is 5.82 Å². The van der Waals surface area contributed by atoms with Gasteiger partial charge in [0.25, 0.3) is 11.7 Å². The molecule has 1 N–H and O–H groups in total. The Hall–Kier alpha value is -2.25. The summed E-state index contributed by atoms with van der Waals surface area (Å²) in [7, 11) is 1.87. The molecule has 0 aromatic carbocycles. The lowest BCUT2D eigenvalue weighted by molar-refractivity contribution is 0.0936. The predicted octanol–water partition coefficient (Wildman–Crippen LogP) is 0.560. The van der Waals surface area contributed by atoms with Gasteiger partial charge >= 0.3 is 0 Å². The molecule has 0 aliphatic rings. The van der Waals surface area contributed by atoms with Crippen LogP contribution in [-0.4, -0.2) is 30.8 Å². The summed E-state index contributed by atoms with van der Waals surface area (Å²) in [4.78, 5) is 15.6. The molecule has 8 nitrogen and oxygen atoms in total. The summed E-state index contributed by atoms with van der Waals surface area (Å²) in [5, 5.41) is 14.3. The van der Waals surface area contributed by atoms with Gasteiger partial charge in [-0.15, -0.1) is 10.2 Å². The van der Waals surface area contributed by atoms with Crippen molar-refractivity contribution < 1.29 is 9.32 Å². The Kier molecular flexibility index (Phi) is 3.59. The SMILES string of the molecule is Cc1nc(C(=O)NCc2nnc(C(C)C)n2C)no1. The molecule has 0 radical (unpaired) electrons. The van der Waals surface area contributed by atoms with E-state index in [-0.39, 0.29) is 18.3 Å². The second-order valence-corrected chi connectivity index (χ2v) is 4.51. The number of amides is 1.